The molecule has 1 unspecified atom stereocenters. The molecule has 1 N–H and O–H groups in total. The molecule has 0 saturated carbocycles. The molecule has 0 spiro atoms. The van der Waals surface area contributed by atoms with Gasteiger partial charge in [-0.2, -0.15) is 5.10 Å². The Labute approximate surface area is 93.0 Å². The second-order valence-electron chi connectivity index (χ2n) is 3.22. The lowest BCUT2D eigenvalue weighted by Crippen LogP contribution is -2.16. The Morgan fingerprint density at radius 2 is 2.47 bits per heavy atom. The highest BCUT2D eigenvalue weighted by atomic mass is 32.1. The minimum atomic E-state index is 0.158. The maximum atomic E-state index is 4.32. The van der Waals surface area contributed by atoms with Crippen LogP contribution in [-0.4, -0.2) is 21.8 Å². The fraction of sp³-hybridized carbons (Fsp3) is 0.400. The predicted octanol–water partition coefficient (Wildman–Crippen LogP) is 1.67. The van der Waals surface area contributed by atoms with Gasteiger partial charge in [-0.05, 0) is 14.0 Å². The minimum absolute atomic E-state index is 0.158. The van der Waals surface area contributed by atoms with E-state index in [1.54, 1.807) is 11.3 Å². The first-order chi connectivity index (χ1) is 7.35. The summed E-state index contributed by atoms with van der Waals surface area (Å²) in [5.41, 5.74) is 1.16. The Kier molecular flexibility index (Phi) is 3.13. The second kappa shape index (κ2) is 4.55. The van der Waals surface area contributed by atoms with Crippen LogP contribution in [0.3, 0.4) is 0 Å². The van der Waals surface area contributed by atoms with Gasteiger partial charge >= 0.3 is 0 Å². The Balaban J connectivity index is 2.27. The van der Waals surface area contributed by atoms with E-state index in [2.05, 4.69) is 28.5 Å². The van der Waals surface area contributed by atoms with Crippen LogP contribution in [0.1, 0.15) is 23.5 Å². The molecule has 0 aliphatic rings. The molecule has 0 aliphatic heterocycles. The van der Waals surface area contributed by atoms with Crippen LogP contribution in [0, 0.1) is 0 Å². The fourth-order valence-electron chi connectivity index (χ4n) is 1.51. The van der Waals surface area contributed by atoms with Crippen molar-refractivity contribution in [1.29, 1.82) is 0 Å². The molecule has 2 rings (SSSR count). The Bertz CT molecular complexity index is 407. The van der Waals surface area contributed by atoms with Crippen LogP contribution in [0.2, 0.25) is 0 Å². The van der Waals surface area contributed by atoms with Crippen molar-refractivity contribution in [3.63, 3.8) is 0 Å². The molecular formula is C10H14N4S. The SMILES string of the molecule is CCn1cc(C(NC)c2nccs2)cn1. The van der Waals surface area contributed by atoms with Crippen molar-refractivity contribution < 1.29 is 0 Å². The third-order valence-corrected chi connectivity index (χ3v) is 3.14. The summed E-state index contributed by atoms with van der Waals surface area (Å²) in [5, 5.41) is 10.6. The van der Waals surface area contributed by atoms with E-state index in [4.69, 9.17) is 0 Å². The molecular weight excluding hydrogens is 208 g/mol. The van der Waals surface area contributed by atoms with E-state index in [0.717, 1.165) is 17.1 Å². The molecule has 80 valence electrons. The normalized spacial score (nSPS) is 12.9. The van der Waals surface area contributed by atoms with Gasteiger partial charge in [0.05, 0.1) is 12.2 Å². The first-order valence-corrected chi connectivity index (χ1v) is 5.82. The summed E-state index contributed by atoms with van der Waals surface area (Å²) in [6.45, 7) is 2.98. The highest BCUT2D eigenvalue weighted by Crippen LogP contribution is 2.22. The second-order valence-corrected chi connectivity index (χ2v) is 4.15. The summed E-state index contributed by atoms with van der Waals surface area (Å²) in [5.74, 6) is 0. The van der Waals surface area contributed by atoms with E-state index in [-0.39, 0.29) is 6.04 Å². The van der Waals surface area contributed by atoms with Gasteiger partial charge in [-0.1, -0.05) is 0 Å². The average molecular weight is 222 g/mol. The van der Waals surface area contributed by atoms with Crippen molar-refractivity contribution in [1.82, 2.24) is 20.1 Å². The smallest absolute Gasteiger partial charge is 0.114 e. The first kappa shape index (κ1) is 10.3. The third-order valence-electron chi connectivity index (χ3n) is 2.30. The monoisotopic (exact) mass is 222 g/mol. The maximum Gasteiger partial charge on any atom is 0.114 e. The van der Waals surface area contributed by atoms with Crippen molar-refractivity contribution in [2.75, 3.05) is 7.05 Å². The number of nitrogens with one attached hydrogen (secondary N) is 1. The number of rotatable bonds is 4. The lowest BCUT2D eigenvalue weighted by Gasteiger charge is -2.10. The van der Waals surface area contributed by atoms with Crippen LogP contribution in [0.5, 0.6) is 0 Å². The Hall–Kier alpha value is -1.20. The summed E-state index contributed by atoms with van der Waals surface area (Å²) in [6, 6.07) is 0.158. The van der Waals surface area contributed by atoms with E-state index >= 15 is 0 Å². The van der Waals surface area contributed by atoms with Crippen molar-refractivity contribution >= 4 is 11.3 Å². The first-order valence-electron chi connectivity index (χ1n) is 4.94. The van der Waals surface area contributed by atoms with Gasteiger partial charge in [0.15, 0.2) is 0 Å². The number of hydrogen-bond acceptors (Lipinski definition) is 4. The van der Waals surface area contributed by atoms with Crippen LogP contribution in [0.25, 0.3) is 0 Å². The zero-order valence-electron chi connectivity index (χ0n) is 8.84. The minimum Gasteiger partial charge on any atom is -0.307 e. The molecule has 15 heavy (non-hydrogen) atoms. The molecule has 0 aliphatic carbocycles. The highest BCUT2D eigenvalue weighted by Gasteiger charge is 2.15. The van der Waals surface area contributed by atoms with Crippen molar-refractivity contribution in [3.8, 4) is 0 Å². The predicted molar refractivity (Wildman–Crippen MR) is 60.9 cm³/mol. The number of aryl methyl sites for hydroxylation is 1. The topological polar surface area (TPSA) is 42.7 Å². The molecule has 5 heteroatoms. The van der Waals surface area contributed by atoms with Crippen LogP contribution >= 0.6 is 11.3 Å². The van der Waals surface area contributed by atoms with Gasteiger partial charge in [0, 0.05) is 29.9 Å². The highest BCUT2D eigenvalue weighted by molar-refractivity contribution is 7.09. The Morgan fingerprint density at radius 3 is 3.00 bits per heavy atom. The van der Waals surface area contributed by atoms with Gasteiger partial charge in [-0.3, -0.25) is 4.68 Å². The number of thiazole rings is 1. The lowest BCUT2D eigenvalue weighted by molar-refractivity contribution is 0.653. The van der Waals surface area contributed by atoms with Crippen LogP contribution in [0.4, 0.5) is 0 Å². The molecule has 2 aromatic heterocycles. The van der Waals surface area contributed by atoms with E-state index in [1.165, 1.54) is 0 Å². The summed E-state index contributed by atoms with van der Waals surface area (Å²) < 4.78 is 1.92. The number of nitrogens with zero attached hydrogens (tertiary/aromatic N) is 3. The lowest BCUT2D eigenvalue weighted by atomic mass is 10.2. The fourth-order valence-corrected chi connectivity index (χ4v) is 2.28. The molecule has 0 saturated heterocycles. The van der Waals surface area contributed by atoms with Crippen molar-refractivity contribution in [2.24, 2.45) is 0 Å². The molecule has 0 amide bonds. The van der Waals surface area contributed by atoms with Gasteiger partial charge in [0.1, 0.15) is 5.01 Å². The molecule has 2 aromatic rings. The standard InChI is InChI=1S/C10H14N4S/c1-3-14-7-8(6-13-14)9(11-2)10-12-4-5-15-10/h4-7,9,11H,3H2,1-2H3. The molecule has 0 radical (unpaired) electrons. The van der Waals surface area contributed by atoms with Crippen molar-refractivity contribution in [3.05, 3.63) is 34.5 Å². The number of hydrogen-bond donors (Lipinski definition) is 1. The maximum absolute atomic E-state index is 4.32. The van der Waals surface area contributed by atoms with Gasteiger partial charge in [-0.25, -0.2) is 4.98 Å². The van der Waals surface area contributed by atoms with Crippen LogP contribution in [0.15, 0.2) is 24.0 Å². The summed E-state index contributed by atoms with van der Waals surface area (Å²) >= 11 is 1.66. The molecule has 1 atom stereocenters. The zero-order valence-corrected chi connectivity index (χ0v) is 9.66. The summed E-state index contributed by atoms with van der Waals surface area (Å²) in [6.07, 6.45) is 5.78. The molecule has 0 fully saturated rings. The van der Waals surface area contributed by atoms with Crippen LogP contribution < -0.4 is 5.32 Å². The molecule has 0 bridgehead atoms. The molecule has 4 nitrogen and oxygen atoms in total. The van der Waals surface area contributed by atoms with E-state index < -0.39 is 0 Å². The van der Waals surface area contributed by atoms with E-state index in [9.17, 15) is 0 Å². The van der Waals surface area contributed by atoms with E-state index in [0.29, 0.717) is 0 Å². The largest absolute Gasteiger partial charge is 0.307 e. The van der Waals surface area contributed by atoms with Gasteiger partial charge in [0.25, 0.3) is 0 Å². The number of aromatic nitrogens is 3. The Morgan fingerprint density at radius 1 is 1.60 bits per heavy atom. The van der Waals surface area contributed by atoms with Crippen LogP contribution in [-0.2, 0) is 6.54 Å². The third kappa shape index (κ3) is 2.08. The zero-order chi connectivity index (χ0) is 10.7. The van der Waals surface area contributed by atoms with Gasteiger partial charge in [0.2, 0.25) is 0 Å². The quantitative estimate of drug-likeness (QED) is 0.855. The van der Waals surface area contributed by atoms with Gasteiger partial charge in [-0.15, -0.1) is 11.3 Å². The van der Waals surface area contributed by atoms with Gasteiger partial charge < -0.3 is 5.32 Å². The molecule has 2 heterocycles. The average Bonchev–Trinajstić information content (AvgIpc) is 2.89. The molecule has 0 aromatic carbocycles. The summed E-state index contributed by atoms with van der Waals surface area (Å²) in [7, 11) is 1.94. The van der Waals surface area contributed by atoms with Crippen molar-refractivity contribution in [2.45, 2.75) is 19.5 Å². The summed E-state index contributed by atoms with van der Waals surface area (Å²) in [4.78, 5) is 4.32. The van der Waals surface area contributed by atoms with E-state index in [1.807, 2.05) is 29.5 Å².